The molecule has 0 aliphatic heterocycles. The molecule has 0 saturated carbocycles. The molecular formula is C24H22Cl2Ti. The SMILES string of the molecule is [Cl-].[Cl-].[Ti+4].c1ccc(C[c-]2cccc2)cc1.c1ccc(C[c-]2cccc2)cc1. The summed E-state index contributed by atoms with van der Waals surface area (Å²) in [6.07, 6.45) is 2.10. The molecule has 0 saturated heterocycles. The Balaban J connectivity index is 0.000000451. The Labute approximate surface area is 190 Å². The standard InChI is InChI=1S/2C12H11.2ClH.Ti/c2*1-2-6-11(7-3-1)10-12-8-4-5-9-12;;;/h2*1-9H,10H2;2*1H;/q2*-1;;;+4/p-2. The van der Waals surface area contributed by atoms with Crippen molar-refractivity contribution in [3.05, 3.63) is 131 Å². The average molecular weight is 429 g/mol. The zero-order chi connectivity index (χ0) is 16.5. The molecule has 0 amide bonds. The molecule has 4 rings (SSSR count). The Bertz CT molecular complexity index is 721. The molecule has 0 aliphatic carbocycles. The first-order chi connectivity index (χ1) is 11.9. The summed E-state index contributed by atoms with van der Waals surface area (Å²) >= 11 is 0. The van der Waals surface area contributed by atoms with Crippen LogP contribution in [0.4, 0.5) is 0 Å². The van der Waals surface area contributed by atoms with Gasteiger partial charge in [0.25, 0.3) is 0 Å². The van der Waals surface area contributed by atoms with Crippen molar-refractivity contribution in [1.29, 1.82) is 0 Å². The third-order valence-corrected chi connectivity index (χ3v) is 3.97. The predicted molar refractivity (Wildman–Crippen MR) is 103 cm³/mol. The van der Waals surface area contributed by atoms with Crippen LogP contribution in [0.3, 0.4) is 0 Å². The fourth-order valence-electron chi connectivity index (χ4n) is 2.73. The van der Waals surface area contributed by atoms with Crippen molar-refractivity contribution >= 4 is 0 Å². The maximum atomic E-state index is 2.16. The largest absolute Gasteiger partial charge is 4.00 e. The van der Waals surface area contributed by atoms with Gasteiger partial charge in [-0.3, -0.25) is 0 Å². The molecule has 4 aromatic carbocycles. The van der Waals surface area contributed by atoms with E-state index in [0.717, 1.165) is 12.8 Å². The van der Waals surface area contributed by atoms with Gasteiger partial charge in [0.2, 0.25) is 0 Å². The van der Waals surface area contributed by atoms with Crippen molar-refractivity contribution in [2.45, 2.75) is 12.8 Å². The van der Waals surface area contributed by atoms with E-state index in [1.165, 1.54) is 22.3 Å². The van der Waals surface area contributed by atoms with E-state index in [1.54, 1.807) is 0 Å². The van der Waals surface area contributed by atoms with Crippen LogP contribution in [-0.2, 0) is 34.6 Å². The number of halogens is 2. The minimum absolute atomic E-state index is 0. The Morgan fingerprint density at radius 1 is 0.444 bits per heavy atom. The molecule has 0 aromatic heterocycles. The van der Waals surface area contributed by atoms with Gasteiger partial charge in [-0.2, -0.15) is 35.4 Å². The molecule has 0 radical (unpaired) electrons. The van der Waals surface area contributed by atoms with E-state index in [4.69, 9.17) is 0 Å². The fourth-order valence-corrected chi connectivity index (χ4v) is 2.73. The van der Waals surface area contributed by atoms with Crippen LogP contribution in [-0.4, -0.2) is 0 Å². The second-order valence-corrected chi connectivity index (χ2v) is 5.91. The van der Waals surface area contributed by atoms with E-state index in [9.17, 15) is 0 Å². The molecule has 3 heteroatoms. The summed E-state index contributed by atoms with van der Waals surface area (Å²) in [5.41, 5.74) is 5.54. The first-order valence-corrected chi connectivity index (χ1v) is 8.39. The van der Waals surface area contributed by atoms with Gasteiger partial charge in [0, 0.05) is 0 Å². The summed E-state index contributed by atoms with van der Waals surface area (Å²) in [5, 5.41) is 0. The molecule has 0 spiro atoms. The van der Waals surface area contributed by atoms with Crippen LogP contribution in [0.1, 0.15) is 22.3 Å². The molecule has 0 atom stereocenters. The predicted octanol–water partition coefficient (Wildman–Crippen LogP) is -0.00190. The van der Waals surface area contributed by atoms with Gasteiger partial charge in [-0.05, 0) is 12.8 Å². The second-order valence-electron chi connectivity index (χ2n) is 5.91. The molecule has 0 heterocycles. The quantitative estimate of drug-likeness (QED) is 0.317. The molecule has 0 nitrogen and oxygen atoms in total. The molecule has 27 heavy (non-hydrogen) atoms. The monoisotopic (exact) mass is 428 g/mol. The van der Waals surface area contributed by atoms with Crippen molar-refractivity contribution < 1.29 is 46.5 Å². The van der Waals surface area contributed by atoms with Crippen LogP contribution in [0.15, 0.2) is 109 Å². The van der Waals surface area contributed by atoms with Crippen LogP contribution in [0, 0.1) is 0 Å². The van der Waals surface area contributed by atoms with Gasteiger partial charge >= 0.3 is 21.7 Å². The zero-order valence-corrected chi connectivity index (χ0v) is 18.1. The van der Waals surface area contributed by atoms with Gasteiger partial charge < -0.3 is 24.8 Å². The van der Waals surface area contributed by atoms with E-state index in [1.807, 2.05) is 0 Å². The van der Waals surface area contributed by atoms with Crippen molar-refractivity contribution in [3.8, 4) is 0 Å². The van der Waals surface area contributed by atoms with Crippen LogP contribution in [0.2, 0.25) is 0 Å². The van der Waals surface area contributed by atoms with Gasteiger partial charge in [-0.1, -0.05) is 71.8 Å². The van der Waals surface area contributed by atoms with E-state index in [-0.39, 0.29) is 46.5 Å². The smallest absolute Gasteiger partial charge is 1.00 e. The van der Waals surface area contributed by atoms with Crippen LogP contribution in [0.25, 0.3) is 0 Å². The number of rotatable bonds is 4. The second kappa shape index (κ2) is 14.5. The average Bonchev–Trinajstić information content (AvgIpc) is 3.32. The first kappa shape index (κ1) is 25.4. The van der Waals surface area contributed by atoms with Gasteiger partial charge in [-0.15, -0.1) is 0 Å². The maximum absolute atomic E-state index is 2.16. The van der Waals surface area contributed by atoms with Crippen molar-refractivity contribution in [2.75, 3.05) is 0 Å². The van der Waals surface area contributed by atoms with Crippen LogP contribution in [0.5, 0.6) is 0 Å². The molecule has 0 aliphatic rings. The molecular weight excluding hydrogens is 407 g/mol. The number of hydrogen-bond acceptors (Lipinski definition) is 0. The van der Waals surface area contributed by atoms with Crippen LogP contribution < -0.4 is 24.8 Å². The Morgan fingerprint density at radius 2 is 0.741 bits per heavy atom. The molecule has 4 aromatic rings. The normalized spacial score (nSPS) is 8.89. The summed E-state index contributed by atoms with van der Waals surface area (Å²) < 4.78 is 0. The summed E-state index contributed by atoms with van der Waals surface area (Å²) in [6.45, 7) is 0. The Morgan fingerprint density at radius 3 is 1.04 bits per heavy atom. The van der Waals surface area contributed by atoms with E-state index >= 15 is 0 Å². The van der Waals surface area contributed by atoms with Crippen LogP contribution >= 0.6 is 0 Å². The van der Waals surface area contributed by atoms with E-state index in [2.05, 4.69) is 109 Å². The van der Waals surface area contributed by atoms with Crippen molar-refractivity contribution in [3.63, 3.8) is 0 Å². The maximum Gasteiger partial charge on any atom is 4.00 e. The molecule has 0 unspecified atom stereocenters. The van der Waals surface area contributed by atoms with Gasteiger partial charge in [0.1, 0.15) is 0 Å². The molecule has 136 valence electrons. The number of benzene rings is 2. The zero-order valence-electron chi connectivity index (χ0n) is 15.1. The third-order valence-electron chi connectivity index (χ3n) is 3.97. The van der Waals surface area contributed by atoms with Gasteiger partial charge in [-0.25, -0.2) is 24.3 Å². The fraction of sp³-hybridized carbons (Fsp3) is 0.0833. The Hall–Kier alpha value is -1.57. The molecule has 0 fully saturated rings. The third kappa shape index (κ3) is 9.26. The van der Waals surface area contributed by atoms with E-state index < -0.39 is 0 Å². The summed E-state index contributed by atoms with van der Waals surface area (Å²) in [6, 6.07) is 38.0. The number of hydrogen-bond donors (Lipinski definition) is 0. The summed E-state index contributed by atoms with van der Waals surface area (Å²) in [5.74, 6) is 0. The first-order valence-electron chi connectivity index (χ1n) is 8.39. The van der Waals surface area contributed by atoms with Gasteiger partial charge in [0.05, 0.1) is 0 Å². The molecule has 0 N–H and O–H groups in total. The Kier molecular flexibility index (Phi) is 13.6. The summed E-state index contributed by atoms with van der Waals surface area (Å²) in [4.78, 5) is 0. The van der Waals surface area contributed by atoms with Gasteiger partial charge in [0.15, 0.2) is 0 Å². The topological polar surface area (TPSA) is 0 Å². The van der Waals surface area contributed by atoms with Crippen molar-refractivity contribution in [1.82, 2.24) is 0 Å². The molecule has 0 bridgehead atoms. The van der Waals surface area contributed by atoms with Crippen molar-refractivity contribution in [2.24, 2.45) is 0 Å². The summed E-state index contributed by atoms with van der Waals surface area (Å²) in [7, 11) is 0. The van der Waals surface area contributed by atoms with E-state index in [0.29, 0.717) is 0 Å². The minimum Gasteiger partial charge on any atom is -1.00 e. The minimum atomic E-state index is 0.